The molecule has 80 valence electrons. The second-order valence-electron chi connectivity index (χ2n) is 2.34. The molecule has 0 saturated heterocycles. The Morgan fingerprint density at radius 1 is 1.14 bits per heavy atom. The minimum atomic E-state index is 1.06. The molecule has 1 aromatic rings. The van der Waals surface area contributed by atoms with Gasteiger partial charge in [0, 0.05) is 6.38 Å². The summed E-state index contributed by atoms with van der Waals surface area (Å²) in [5.41, 5.74) is 1.40. The van der Waals surface area contributed by atoms with Crippen LogP contribution in [0.4, 0.5) is 0 Å². The van der Waals surface area contributed by atoms with E-state index in [1.54, 1.807) is 0 Å². The van der Waals surface area contributed by atoms with Crippen molar-refractivity contribution >= 4 is 11.6 Å². The maximum absolute atomic E-state index is 4.64. The van der Waals surface area contributed by atoms with E-state index in [-0.39, 0.29) is 0 Å². The molecule has 0 saturated carbocycles. The van der Waals surface area contributed by atoms with E-state index in [0.29, 0.717) is 0 Å². The van der Waals surface area contributed by atoms with Crippen LogP contribution >= 0.6 is 11.6 Å². The number of alkyl halides is 1. The normalized spacial score (nSPS) is 7.64. The fourth-order valence-corrected chi connectivity index (χ4v) is 0.914. The molecule has 1 aromatic carbocycles. The van der Waals surface area contributed by atoms with Crippen molar-refractivity contribution in [1.29, 1.82) is 0 Å². The molecule has 0 atom stereocenters. The minimum absolute atomic E-state index is 1.06. The zero-order valence-electron chi connectivity index (χ0n) is 9.09. The van der Waals surface area contributed by atoms with Gasteiger partial charge in [-0.2, -0.15) is 0 Å². The van der Waals surface area contributed by atoms with Crippen LogP contribution in [0.1, 0.15) is 5.56 Å². The molecule has 0 radical (unpaired) electrons. The molecule has 0 spiro atoms. The van der Waals surface area contributed by atoms with Gasteiger partial charge in [0.25, 0.3) is 0 Å². The number of halogens is 1. The van der Waals surface area contributed by atoms with Gasteiger partial charge in [-0.3, -0.25) is 0 Å². The number of nitrogens with one attached hydrogen (secondary N) is 1. The molecule has 0 aliphatic carbocycles. The Kier molecular flexibility index (Phi) is 16.5. The fourth-order valence-electron chi connectivity index (χ4n) is 0.914. The van der Waals surface area contributed by atoms with Crippen LogP contribution in [0.15, 0.2) is 43.5 Å². The average Bonchev–Trinajstić information content (AvgIpc) is 2.33. The first-order valence-corrected chi connectivity index (χ1v) is 5.25. The molecule has 0 aliphatic heterocycles. The first kappa shape index (κ1) is 15.7. The van der Waals surface area contributed by atoms with Crippen molar-refractivity contribution in [1.82, 2.24) is 5.32 Å². The average molecular weight is 214 g/mol. The van der Waals surface area contributed by atoms with Gasteiger partial charge in [0.1, 0.15) is 0 Å². The third-order valence-corrected chi connectivity index (χ3v) is 1.51. The summed E-state index contributed by atoms with van der Waals surface area (Å²) in [5.74, 6) is 0. The molecule has 0 heterocycles. The highest BCUT2D eigenvalue weighted by atomic mass is 35.5. The van der Waals surface area contributed by atoms with E-state index in [2.05, 4.69) is 54.3 Å². The van der Waals surface area contributed by atoms with Crippen LogP contribution in [0.2, 0.25) is 0 Å². The molecule has 2 heteroatoms. The van der Waals surface area contributed by atoms with Crippen LogP contribution in [-0.4, -0.2) is 20.0 Å². The van der Waals surface area contributed by atoms with Crippen LogP contribution < -0.4 is 5.32 Å². The third kappa shape index (κ3) is 9.30. The van der Waals surface area contributed by atoms with E-state index >= 15 is 0 Å². The van der Waals surface area contributed by atoms with Crippen LogP contribution in [0, 0.1) is 0 Å². The minimum Gasteiger partial charge on any atom is -0.319 e. The summed E-state index contributed by atoms with van der Waals surface area (Å²) in [5, 5.41) is 3.12. The Labute approximate surface area is 92.8 Å². The number of hydrogen-bond donors (Lipinski definition) is 1. The monoisotopic (exact) mass is 213 g/mol. The van der Waals surface area contributed by atoms with Crippen molar-refractivity contribution in [3.05, 3.63) is 49.1 Å². The van der Waals surface area contributed by atoms with Crippen molar-refractivity contribution < 1.29 is 0 Å². The zero-order chi connectivity index (χ0) is 11.2. The molecule has 14 heavy (non-hydrogen) atoms. The molecule has 1 rings (SSSR count). The number of likely N-dealkylation sites (N-methyl/N-ethyl adjacent to an activating group) is 1. The van der Waals surface area contributed by atoms with Crippen LogP contribution in [0.3, 0.4) is 0 Å². The van der Waals surface area contributed by atoms with Crippen LogP contribution in [0.25, 0.3) is 0 Å². The molecular weight excluding hydrogens is 194 g/mol. The van der Waals surface area contributed by atoms with Crippen molar-refractivity contribution in [2.24, 2.45) is 0 Å². The molecule has 0 amide bonds. The van der Waals surface area contributed by atoms with Gasteiger partial charge in [0.15, 0.2) is 0 Å². The largest absolute Gasteiger partial charge is 0.319 e. The fraction of sp³-hybridized carbons (Fsp3) is 0.333. The summed E-state index contributed by atoms with van der Waals surface area (Å²) in [4.78, 5) is 0. The summed E-state index contributed by atoms with van der Waals surface area (Å²) in [7, 11) is 1.98. The predicted molar refractivity (Wildman–Crippen MR) is 67.1 cm³/mol. The van der Waals surface area contributed by atoms with Gasteiger partial charge in [-0.25, -0.2) is 0 Å². The highest BCUT2D eigenvalue weighted by Gasteiger charge is 1.86. The highest BCUT2D eigenvalue weighted by molar-refractivity contribution is 6.15. The first-order chi connectivity index (χ1) is 6.93. The van der Waals surface area contributed by atoms with Crippen molar-refractivity contribution in [2.45, 2.75) is 6.42 Å². The smallest absolute Gasteiger partial charge is 0.0108 e. The lowest BCUT2D eigenvalue weighted by Gasteiger charge is -1.97. The molecule has 0 bridgehead atoms. The number of benzene rings is 1. The summed E-state index contributed by atoms with van der Waals surface area (Å²) in [6, 6.07) is 10.5. The Balaban J connectivity index is 0. The molecule has 0 aromatic heterocycles. The topological polar surface area (TPSA) is 12.0 Å². The number of hydrogen-bond acceptors (Lipinski definition) is 1. The lowest BCUT2D eigenvalue weighted by molar-refractivity contribution is 0.792. The van der Waals surface area contributed by atoms with Gasteiger partial charge >= 0.3 is 0 Å². The number of rotatable bonds is 3. The second kappa shape index (κ2) is 14.7. The molecular formula is C12H20ClN. The Hall–Kier alpha value is -0.790. The van der Waals surface area contributed by atoms with E-state index in [1.807, 2.05) is 13.1 Å². The summed E-state index contributed by atoms with van der Waals surface area (Å²) in [6.07, 6.45) is 2.59. The van der Waals surface area contributed by atoms with Gasteiger partial charge in [0.2, 0.25) is 0 Å². The Morgan fingerprint density at radius 2 is 1.64 bits per heavy atom. The Bertz CT molecular complexity index is 187. The summed E-state index contributed by atoms with van der Waals surface area (Å²) < 4.78 is 0. The van der Waals surface area contributed by atoms with Gasteiger partial charge in [-0.1, -0.05) is 30.3 Å². The van der Waals surface area contributed by atoms with Crippen molar-refractivity contribution in [3.63, 3.8) is 0 Å². The van der Waals surface area contributed by atoms with Gasteiger partial charge in [0.05, 0.1) is 0 Å². The lowest BCUT2D eigenvalue weighted by atomic mass is 10.2. The standard InChI is InChI=1S/C9H13N.C2H4.CH3Cl/c1-10-8-7-9-5-3-2-4-6-9;2*1-2/h2-6,10H,7-8H2,1H3;1-2H2;1H3. The summed E-state index contributed by atoms with van der Waals surface area (Å²) in [6.45, 7) is 7.06. The maximum Gasteiger partial charge on any atom is 0.0108 e. The SMILES string of the molecule is C=C.CCl.CNCCc1ccccc1. The van der Waals surface area contributed by atoms with E-state index in [0.717, 1.165) is 13.0 Å². The second-order valence-corrected chi connectivity index (χ2v) is 2.34. The molecule has 0 fully saturated rings. The van der Waals surface area contributed by atoms with Crippen molar-refractivity contribution in [3.8, 4) is 0 Å². The lowest BCUT2D eigenvalue weighted by Crippen LogP contribution is -2.09. The van der Waals surface area contributed by atoms with Gasteiger partial charge in [-0.05, 0) is 25.6 Å². The Morgan fingerprint density at radius 3 is 2.07 bits per heavy atom. The van der Waals surface area contributed by atoms with E-state index in [1.165, 1.54) is 11.9 Å². The van der Waals surface area contributed by atoms with E-state index in [4.69, 9.17) is 0 Å². The van der Waals surface area contributed by atoms with Crippen LogP contribution in [-0.2, 0) is 6.42 Å². The summed E-state index contributed by atoms with van der Waals surface area (Å²) >= 11 is 4.64. The van der Waals surface area contributed by atoms with E-state index < -0.39 is 0 Å². The van der Waals surface area contributed by atoms with Crippen LogP contribution in [0.5, 0.6) is 0 Å². The quantitative estimate of drug-likeness (QED) is 0.601. The molecule has 0 unspecified atom stereocenters. The van der Waals surface area contributed by atoms with Crippen molar-refractivity contribution in [2.75, 3.05) is 20.0 Å². The van der Waals surface area contributed by atoms with E-state index in [9.17, 15) is 0 Å². The highest BCUT2D eigenvalue weighted by Crippen LogP contribution is 1.97. The maximum atomic E-state index is 4.64. The third-order valence-electron chi connectivity index (χ3n) is 1.51. The first-order valence-electron chi connectivity index (χ1n) is 4.50. The molecule has 1 nitrogen and oxygen atoms in total. The van der Waals surface area contributed by atoms with Gasteiger partial charge < -0.3 is 5.32 Å². The zero-order valence-corrected chi connectivity index (χ0v) is 9.85. The molecule has 0 aliphatic rings. The van der Waals surface area contributed by atoms with Gasteiger partial charge in [-0.15, -0.1) is 24.8 Å². The molecule has 1 N–H and O–H groups in total. The predicted octanol–water partition coefficient (Wildman–Crippen LogP) is 3.11.